The minimum absolute atomic E-state index is 0.0109. The molecule has 0 saturated carbocycles. The van der Waals surface area contributed by atoms with Crippen molar-refractivity contribution in [2.75, 3.05) is 31.6 Å². The fourth-order valence-electron chi connectivity index (χ4n) is 3.51. The first-order valence-electron chi connectivity index (χ1n) is 9.78. The Balaban J connectivity index is 1.62. The van der Waals surface area contributed by atoms with Gasteiger partial charge in [-0.25, -0.2) is 0 Å². The molecule has 3 rings (SSSR count). The summed E-state index contributed by atoms with van der Waals surface area (Å²) in [4.78, 5) is 14.7. The first kappa shape index (κ1) is 20.0. The Bertz CT molecular complexity index is 770. The smallest absolute Gasteiger partial charge is 0.251 e. The molecule has 0 bridgehead atoms. The predicted octanol–water partition coefficient (Wildman–Crippen LogP) is 4.18. The van der Waals surface area contributed by atoms with Gasteiger partial charge in [-0.15, -0.1) is 0 Å². The molecule has 4 nitrogen and oxygen atoms in total. The predicted molar refractivity (Wildman–Crippen MR) is 115 cm³/mol. The molecule has 2 aromatic carbocycles. The molecule has 0 aliphatic carbocycles. The number of benzene rings is 2. The Kier molecular flexibility index (Phi) is 7.02. The van der Waals surface area contributed by atoms with E-state index in [-0.39, 0.29) is 5.91 Å². The van der Waals surface area contributed by atoms with Crippen LogP contribution < -0.4 is 10.1 Å². The standard InChI is InChI=1S/C22H30N2O2S/c1-16(2)24-11-8-20(9-12-24)26-21-7-6-17-14-19(5-4-18(17)15-21)22(25)23-10-13-27-3/h4-7,14-16,20H,8-13H2,1-3H3,(H,23,25). The van der Waals surface area contributed by atoms with Gasteiger partial charge < -0.3 is 15.0 Å². The number of ether oxygens (including phenoxy) is 1. The van der Waals surface area contributed by atoms with E-state index < -0.39 is 0 Å². The number of rotatable bonds is 7. The number of amides is 1. The van der Waals surface area contributed by atoms with E-state index in [4.69, 9.17) is 4.74 Å². The molecule has 1 N–H and O–H groups in total. The molecule has 0 unspecified atom stereocenters. The van der Waals surface area contributed by atoms with Crippen LogP contribution in [0.15, 0.2) is 36.4 Å². The Labute approximate surface area is 166 Å². The van der Waals surface area contributed by atoms with E-state index in [0.717, 1.165) is 48.2 Å². The number of thioether (sulfide) groups is 1. The molecule has 0 aromatic heterocycles. The van der Waals surface area contributed by atoms with Gasteiger partial charge in [0.15, 0.2) is 0 Å². The van der Waals surface area contributed by atoms with Crippen molar-refractivity contribution in [1.82, 2.24) is 10.2 Å². The van der Waals surface area contributed by atoms with E-state index in [1.165, 1.54) is 0 Å². The van der Waals surface area contributed by atoms with Crippen molar-refractivity contribution < 1.29 is 9.53 Å². The van der Waals surface area contributed by atoms with Gasteiger partial charge >= 0.3 is 0 Å². The first-order chi connectivity index (χ1) is 13.1. The molecule has 1 fully saturated rings. The number of hydrogen-bond acceptors (Lipinski definition) is 4. The van der Waals surface area contributed by atoms with Gasteiger partial charge in [0.1, 0.15) is 11.9 Å². The number of nitrogens with one attached hydrogen (secondary N) is 1. The number of carbonyl (C=O) groups is 1. The minimum atomic E-state index is -0.0109. The van der Waals surface area contributed by atoms with Gasteiger partial charge in [0.25, 0.3) is 5.91 Å². The van der Waals surface area contributed by atoms with Crippen LogP contribution in [0.4, 0.5) is 0 Å². The Morgan fingerprint density at radius 2 is 1.89 bits per heavy atom. The summed E-state index contributed by atoms with van der Waals surface area (Å²) in [7, 11) is 0. The van der Waals surface area contributed by atoms with Gasteiger partial charge in [-0.3, -0.25) is 4.79 Å². The van der Waals surface area contributed by atoms with Crippen molar-refractivity contribution in [1.29, 1.82) is 0 Å². The number of hydrogen-bond donors (Lipinski definition) is 1. The fourth-order valence-corrected chi connectivity index (χ4v) is 3.82. The summed E-state index contributed by atoms with van der Waals surface area (Å²) in [6.07, 6.45) is 4.48. The van der Waals surface area contributed by atoms with Gasteiger partial charge in [0.2, 0.25) is 0 Å². The SMILES string of the molecule is CSCCNC(=O)c1ccc2cc(OC3CCN(C(C)C)CC3)ccc2c1. The van der Waals surface area contributed by atoms with Crippen molar-refractivity contribution in [3.05, 3.63) is 42.0 Å². The van der Waals surface area contributed by atoms with E-state index in [2.05, 4.69) is 30.1 Å². The highest BCUT2D eigenvalue weighted by Gasteiger charge is 2.22. The third-order valence-electron chi connectivity index (χ3n) is 5.18. The summed E-state index contributed by atoms with van der Waals surface area (Å²) in [5, 5.41) is 5.12. The lowest BCUT2D eigenvalue weighted by Crippen LogP contribution is -2.41. The van der Waals surface area contributed by atoms with Crippen LogP contribution in [0, 0.1) is 0 Å². The molecule has 1 heterocycles. The third-order valence-corrected chi connectivity index (χ3v) is 5.79. The third kappa shape index (κ3) is 5.39. The van der Waals surface area contributed by atoms with Crippen molar-refractivity contribution in [3.8, 4) is 5.75 Å². The highest BCUT2D eigenvalue weighted by Crippen LogP contribution is 2.25. The zero-order valence-corrected chi connectivity index (χ0v) is 17.3. The molecular formula is C22H30N2O2S. The Morgan fingerprint density at radius 1 is 1.19 bits per heavy atom. The summed E-state index contributed by atoms with van der Waals surface area (Å²) < 4.78 is 6.23. The largest absolute Gasteiger partial charge is 0.490 e. The number of piperidine rings is 1. The molecule has 1 aliphatic rings. The molecule has 27 heavy (non-hydrogen) atoms. The minimum Gasteiger partial charge on any atom is -0.490 e. The molecule has 1 aliphatic heterocycles. The van der Waals surface area contributed by atoms with E-state index in [1.54, 1.807) is 11.8 Å². The second-order valence-corrected chi connectivity index (χ2v) is 8.40. The number of likely N-dealkylation sites (tertiary alicyclic amines) is 1. The monoisotopic (exact) mass is 386 g/mol. The van der Waals surface area contributed by atoms with Crippen LogP contribution in [-0.2, 0) is 0 Å². The van der Waals surface area contributed by atoms with E-state index in [0.29, 0.717) is 24.3 Å². The van der Waals surface area contributed by atoms with E-state index in [9.17, 15) is 4.79 Å². The highest BCUT2D eigenvalue weighted by atomic mass is 32.2. The van der Waals surface area contributed by atoms with Crippen LogP contribution in [-0.4, -0.2) is 54.6 Å². The summed E-state index contributed by atoms with van der Waals surface area (Å²) >= 11 is 1.73. The van der Waals surface area contributed by atoms with Crippen LogP contribution in [0.3, 0.4) is 0 Å². The van der Waals surface area contributed by atoms with Crippen molar-refractivity contribution in [2.45, 2.75) is 38.8 Å². The summed E-state index contributed by atoms with van der Waals surface area (Å²) in [6.45, 7) is 7.40. The highest BCUT2D eigenvalue weighted by molar-refractivity contribution is 7.98. The van der Waals surface area contributed by atoms with Crippen molar-refractivity contribution >= 4 is 28.4 Å². The zero-order chi connectivity index (χ0) is 19.2. The number of carbonyl (C=O) groups excluding carboxylic acids is 1. The summed E-state index contributed by atoms with van der Waals surface area (Å²) in [5.41, 5.74) is 0.707. The van der Waals surface area contributed by atoms with Crippen LogP contribution in [0.2, 0.25) is 0 Å². The lowest BCUT2D eigenvalue weighted by Gasteiger charge is -2.34. The van der Waals surface area contributed by atoms with Gasteiger partial charge in [0, 0.05) is 37.0 Å². The lowest BCUT2D eigenvalue weighted by atomic mass is 10.0. The first-order valence-corrected chi connectivity index (χ1v) is 11.2. The van der Waals surface area contributed by atoms with Crippen LogP contribution in [0.1, 0.15) is 37.0 Å². The molecule has 2 aromatic rings. The second-order valence-electron chi connectivity index (χ2n) is 7.42. The second kappa shape index (κ2) is 9.47. The fraction of sp³-hybridized carbons (Fsp3) is 0.500. The van der Waals surface area contributed by atoms with Crippen LogP contribution >= 0.6 is 11.8 Å². The topological polar surface area (TPSA) is 41.6 Å². The van der Waals surface area contributed by atoms with Gasteiger partial charge in [0.05, 0.1) is 0 Å². The van der Waals surface area contributed by atoms with E-state index >= 15 is 0 Å². The molecule has 1 amide bonds. The molecule has 1 saturated heterocycles. The zero-order valence-electron chi connectivity index (χ0n) is 16.5. The molecule has 0 spiro atoms. The summed E-state index contributed by atoms with van der Waals surface area (Å²) in [5.74, 6) is 1.83. The average Bonchev–Trinajstić information content (AvgIpc) is 2.68. The average molecular weight is 387 g/mol. The molecule has 0 atom stereocenters. The van der Waals surface area contributed by atoms with Crippen LogP contribution in [0.25, 0.3) is 10.8 Å². The van der Waals surface area contributed by atoms with Crippen molar-refractivity contribution in [3.63, 3.8) is 0 Å². The maximum atomic E-state index is 12.2. The lowest BCUT2D eigenvalue weighted by molar-refractivity contribution is 0.0844. The Hall–Kier alpha value is -1.72. The Morgan fingerprint density at radius 3 is 2.59 bits per heavy atom. The summed E-state index contributed by atoms with van der Waals surface area (Å²) in [6, 6.07) is 12.6. The quantitative estimate of drug-likeness (QED) is 0.725. The molecule has 0 radical (unpaired) electrons. The van der Waals surface area contributed by atoms with Gasteiger partial charge in [-0.05, 0) is 68.0 Å². The normalized spacial score (nSPS) is 16.0. The van der Waals surface area contributed by atoms with E-state index in [1.807, 2.05) is 36.6 Å². The van der Waals surface area contributed by atoms with Crippen molar-refractivity contribution in [2.24, 2.45) is 0 Å². The number of fused-ring (bicyclic) bond motifs is 1. The maximum Gasteiger partial charge on any atom is 0.251 e. The number of nitrogens with zero attached hydrogens (tertiary/aromatic N) is 1. The molecule has 5 heteroatoms. The molecular weight excluding hydrogens is 356 g/mol. The van der Waals surface area contributed by atoms with Gasteiger partial charge in [-0.1, -0.05) is 12.1 Å². The maximum absolute atomic E-state index is 12.2. The molecule has 146 valence electrons. The van der Waals surface area contributed by atoms with Gasteiger partial charge in [-0.2, -0.15) is 11.8 Å². The van der Waals surface area contributed by atoms with Crippen LogP contribution in [0.5, 0.6) is 5.75 Å².